The minimum absolute atomic E-state index is 0.383. The molecule has 6 heteroatoms. The van der Waals surface area contributed by atoms with E-state index < -0.39 is 0 Å². The van der Waals surface area contributed by atoms with Gasteiger partial charge in [-0.2, -0.15) is 0 Å². The summed E-state index contributed by atoms with van der Waals surface area (Å²) < 4.78 is 11.8. The number of hydrogen-bond donors (Lipinski definition) is 0. The van der Waals surface area contributed by atoms with E-state index >= 15 is 0 Å². The van der Waals surface area contributed by atoms with Gasteiger partial charge in [-0.25, -0.2) is 9.59 Å². The fraction of sp³-hybridized carbons (Fsp3) is 0.0606. The molecule has 0 spiro atoms. The molecule has 6 nitrogen and oxygen atoms in total. The van der Waals surface area contributed by atoms with Crippen LogP contribution in [0.5, 0.6) is 0 Å². The van der Waals surface area contributed by atoms with Crippen molar-refractivity contribution in [2.45, 2.75) is 0 Å². The van der Waals surface area contributed by atoms with E-state index in [0.29, 0.717) is 16.8 Å². The molecule has 0 aliphatic heterocycles. The van der Waals surface area contributed by atoms with E-state index in [1.165, 1.54) is 14.2 Å². The lowest BCUT2D eigenvalue weighted by atomic mass is 10.1. The third-order valence-corrected chi connectivity index (χ3v) is 6.33. The number of nitrogens with zero attached hydrogens (tertiary/aromatic N) is 2. The standard InChI is InChI=1S/C33H26N2O4/c1-38-32(36)25-13-17-28(18-14-25)34-22-27-21-30(23-9-5-3-6-10-23)35(31(27)24-11-7-4-8-12-24)29-19-15-26(16-20-29)33(37)39-2/h3-22H,1-2H3. The number of carbonyl (C=O) groups excluding carboxylic acids is 2. The van der Waals surface area contributed by atoms with Crippen LogP contribution in [0.4, 0.5) is 5.69 Å². The largest absolute Gasteiger partial charge is 0.465 e. The summed E-state index contributed by atoms with van der Waals surface area (Å²) in [6.45, 7) is 0. The van der Waals surface area contributed by atoms with E-state index in [2.05, 4.69) is 34.9 Å². The first-order valence-corrected chi connectivity index (χ1v) is 12.4. The quantitative estimate of drug-likeness (QED) is 0.171. The third kappa shape index (κ3) is 5.40. The van der Waals surface area contributed by atoms with E-state index in [1.807, 2.05) is 54.7 Å². The molecule has 1 aromatic heterocycles. The molecule has 0 saturated carbocycles. The van der Waals surface area contributed by atoms with Crippen LogP contribution in [-0.4, -0.2) is 36.9 Å². The van der Waals surface area contributed by atoms with Gasteiger partial charge in [-0.05, 0) is 65.7 Å². The molecule has 4 aromatic carbocycles. The second kappa shape index (κ2) is 11.4. The normalized spacial score (nSPS) is 10.9. The Hall–Kier alpha value is -5.23. The number of hydrogen-bond acceptors (Lipinski definition) is 5. The molecule has 5 rings (SSSR count). The number of esters is 2. The summed E-state index contributed by atoms with van der Waals surface area (Å²) in [7, 11) is 2.73. The SMILES string of the molecule is COC(=O)c1ccc(N=Cc2cc(-c3ccccc3)n(-c3ccc(C(=O)OC)cc3)c2-c2ccccc2)cc1. The summed E-state index contributed by atoms with van der Waals surface area (Å²) >= 11 is 0. The number of rotatable bonds is 7. The lowest BCUT2D eigenvalue weighted by Crippen LogP contribution is -2.03. The van der Waals surface area contributed by atoms with E-state index in [0.717, 1.165) is 33.8 Å². The molecule has 0 unspecified atom stereocenters. The maximum absolute atomic E-state index is 12.1. The number of aliphatic imine (C=N–C) groups is 1. The number of carbonyl (C=O) groups is 2. The van der Waals surface area contributed by atoms with Gasteiger partial charge in [0.15, 0.2) is 0 Å². The lowest BCUT2D eigenvalue weighted by molar-refractivity contribution is 0.0592. The van der Waals surface area contributed by atoms with Crippen LogP contribution in [0.2, 0.25) is 0 Å². The molecule has 0 amide bonds. The molecule has 0 bridgehead atoms. The molecule has 0 radical (unpaired) electrons. The van der Waals surface area contributed by atoms with Gasteiger partial charge in [-0.3, -0.25) is 4.99 Å². The number of ether oxygens (including phenoxy) is 2. The van der Waals surface area contributed by atoms with Crippen LogP contribution in [-0.2, 0) is 9.47 Å². The van der Waals surface area contributed by atoms with Gasteiger partial charge >= 0.3 is 11.9 Å². The van der Waals surface area contributed by atoms with Crippen LogP contribution in [0.3, 0.4) is 0 Å². The van der Waals surface area contributed by atoms with Gasteiger partial charge in [-0.15, -0.1) is 0 Å². The smallest absolute Gasteiger partial charge is 0.337 e. The van der Waals surface area contributed by atoms with Crippen molar-refractivity contribution in [3.63, 3.8) is 0 Å². The molecular weight excluding hydrogens is 488 g/mol. The Labute approximate surface area is 226 Å². The molecule has 0 saturated heterocycles. The van der Waals surface area contributed by atoms with E-state index in [1.54, 1.807) is 36.4 Å². The molecule has 0 aliphatic rings. The topological polar surface area (TPSA) is 69.9 Å². The van der Waals surface area contributed by atoms with Gasteiger partial charge in [0.1, 0.15) is 0 Å². The van der Waals surface area contributed by atoms with Crippen molar-refractivity contribution in [1.82, 2.24) is 4.57 Å². The number of benzene rings is 4. The molecule has 39 heavy (non-hydrogen) atoms. The van der Waals surface area contributed by atoms with E-state index in [-0.39, 0.29) is 11.9 Å². The molecule has 0 aliphatic carbocycles. The van der Waals surface area contributed by atoms with Gasteiger partial charge in [0, 0.05) is 17.5 Å². The molecule has 5 aromatic rings. The van der Waals surface area contributed by atoms with Crippen molar-refractivity contribution >= 4 is 23.8 Å². The first-order chi connectivity index (χ1) is 19.1. The Bertz CT molecular complexity index is 1620. The molecule has 192 valence electrons. The van der Waals surface area contributed by atoms with Gasteiger partial charge in [0.2, 0.25) is 0 Å². The zero-order valence-electron chi connectivity index (χ0n) is 21.6. The average Bonchev–Trinajstić information content (AvgIpc) is 3.40. The molecule has 1 heterocycles. The highest BCUT2D eigenvalue weighted by molar-refractivity contribution is 5.95. The zero-order valence-corrected chi connectivity index (χ0v) is 21.6. The van der Waals surface area contributed by atoms with Crippen molar-refractivity contribution in [1.29, 1.82) is 0 Å². The first-order valence-electron chi connectivity index (χ1n) is 12.4. The van der Waals surface area contributed by atoms with Crippen LogP contribution in [0, 0.1) is 0 Å². The Kier molecular flexibility index (Phi) is 7.46. The van der Waals surface area contributed by atoms with Gasteiger partial charge in [0.05, 0.1) is 42.4 Å². The fourth-order valence-corrected chi connectivity index (χ4v) is 4.42. The lowest BCUT2D eigenvalue weighted by Gasteiger charge is -2.15. The van der Waals surface area contributed by atoms with Gasteiger partial charge < -0.3 is 14.0 Å². The van der Waals surface area contributed by atoms with Gasteiger partial charge in [-0.1, -0.05) is 60.7 Å². The predicted octanol–water partition coefficient (Wildman–Crippen LogP) is 7.14. The fourth-order valence-electron chi connectivity index (χ4n) is 4.42. The summed E-state index contributed by atoms with van der Waals surface area (Å²) in [6.07, 6.45) is 1.83. The average molecular weight is 515 g/mol. The summed E-state index contributed by atoms with van der Waals surface area (Å²) in [4.78, 5) is 28.6. The maximum Gasteiger partial charge on any atom is 0.337 e. The summed E-state index contributed by atoms with van der Waals surface area (Å²) in [5, 5.41) is 0. The molecule has 0 atom stereocenters. The monoisotopic (exact) mass is 514 g/mol. The van der Waals surface area contributed by atoms with Crippen LogP contribution >= 0.6 is 0 Å². The minimum atomic E-state index is -0.389. The summed E-state index contributed by atoms with van der Waals surface area (Å²) in [5.41, 5.74) is 7.43. The Morgan fingerprint density at radius 2 is 1.18 bits per heavy atom. The predicted molar refractivity (Wildman–Crippen MR) is 153 cm³/mol. The van der Waals surface area contributed by atoms with E-state index in [4.69, 9.17) is 14.5 Å². The molecule has 0 fully saturated rings. The van der Waals surface area contributed by atoms with Crippen molar-refractivity contribution < 1.29 is 19.1 Å². The van der Waals surface area contributed by atoms with E-state index in [9.17, 15) is 9.59 Å². The Morgan fingerprint density at radius 1 is 0.667 bits per heavy atom. The van der Waals surface area contributed by atoms with Crippen LogP contribution in [0.1, 0.15) is 26.3 Å². The summed E-state index contributed by atoms with van der Waals surface area (Å²) in [5.74, 6) is -0.772. The highest BCUT2D eigenvalue weighted by Crippen LogP contribution is 2.35. The van der Waals surface area contributed by atoms with Crippen LogP contribution < -0.4 is 0 Å². The van der Waals surface area contributed by atoms with Crippen molar-refractivity contribution in [3.05, 3.63) is 132 Å². The highest BCUT2D eigenvalue weighted by atomic mass is 16.5. The maximum atomic E-state index is 12.1. The van der Waals surface area contributed by atoms with Gasteiger partial charge in [0.25, 0.3) is 0 Å². The van der Waals surface area contributed by atoms with Crippen LogP contribution in [0.15, 0.2) is 120 Å². The summed E-state index contributed by atoms with van der Waals surface area (Å²) in [6, 6.07) is 36.7. The highest BCUT2D eigenvalue weighted by Gasteiger charge is 2.19. The second-order valence-corrected chi connectivity index (χ2v) is 8.74. The van der Waals surface area contributed by atoms with Crippen molar-refractivity contribution in [3.8, 4) is 28.2 Å². The molecular formula is C33H26N2O4. The number of methoxy groups -OCH3 is 2. The third-order valence-electron chi connectivity index (χ3n) is 6.33. The zero-order chi connectivity index (χ0) is 27.2. The first kappa shape index (κ1) is 25.4. The second-order valence-electron chi connectivity index (χ2n) is 8.74. The molecule has 0 N–H and O–H groups in total. The van der Waals surface area contributed by atoms with Crippen molar-refractivity contribution in [2.75, 3.05) is 14.2 Å². The Balaban J connectivity index is 1.68. The minimum Gasteiger partial charge on any atom is -0.465 e. The Morgan fingerprint density at radius 3 is 1.72 bits per heavy atom. The number of aromatic nitrogens is 1. The van der Waals surface area contributed by atoms with Crippen molar-refractivity contribution in [2.24, 2.45) is 4.99 Å². The van der Waals surface area contributed by atoms with Crippen LogP contribution in [0.25, 0.3) is 28.2 Å².